The van der Waals surface area contributed by atoms with E-state index in [9.17, 15) is 9.90 Å². The summed E-state index contributed by atoms with van der Waals surface area (Å²) in [5.41, 5.74) is 0.442. The number of aliphatic carboxylic acids is 1. The first-order valence-corrected chi connectivity index (χ1v) is 12.6. The molecule has 0 aliphatic heterocycles. The Morgan fingerprint density at radius 2 is 1.72 bits per heavy atom. The molecular formula is C26H44O3. The van der Waals surface area contributed by atoms with Crippen molar-refractivity contribution in [2.24, 2.45) is 46.3 Å². The van der Waals surface area contributed by atoms with Crippen LogP contribution < -0.4 is 0 Å². The maximum atomic E-state index is 11.1. The minimum atomic E-state index is -0.643. The molecule has 0 aromatic rings. The summed E-state index contributed by atoms with van der Waals surface area (Å²) in [4.78, 5) is 11.1. The number of hydrogen-bond acceptors (Lipinski definition) is 2. The van der Waals surface area contributed by atoms with Crippen LogP contribution in [0.3, 0.4) is 0 Å². The molecule has 4 aliphatic rings. The highest BCUT2D eigenvalue weighted by molar-refractivity contribution is 5.66. The van der Waals surface area contributed by atoms with Crippen LogP contribution in [-0.2, 0) is 4.79 Å². The van der Waals surface area contributed by atoms with Gasteiger partial charge in [-0.2, -0.15) is 0 Å². The van der Waals surface area contributed by atoms with Gasteiger partial charge < -0.3 is 10.2 Å². The van der Waals surface area contributed by atoms with Crippen LogP contribution in [0.5, 0.6) is 0 Å². The summed E-state index contributed by atoms with van der Waals surface area (Å²) in [6.07, 6.45) is 13.3. The third-order valence-electron chi connectivity index (χ3n) is 11.1. The molecule has 0 aromatic heterocycles. The van der Waals surface area contributed by atoms with E-state index in [-0.39, 0.29) is 0 Å². The summed E-state index contributed by atoms with van der Waals surface area (Å²) in [6, 6.07) is 0. The lowest BCUT2D eigenvalue weighted by atomic mass is 9.43. The largest absolute Gasteiger partial charge is 0.481 e. The minimum absolute atomic E-state index is 0.324. The van der Waals surface area contributed by atoms with Gasteiger partial charge in [-0.1, -0.05) is 27.7 Å². The zero-order valence-electron chi connectivity index (χ0n) is 19.3. The van der Waals surface area contributed by atoms with E-state index in [4.69, 9.17) is 5.11 Å². The van der Waals surface area contributed by atoms with Gasteiger partial charge in [0.1, 0.15) is 0 Å². The number of aliphatic hydroxyl groups is 1. The lowest BCUT2D eigenvalue weighted by molar-refractivity contribution is -0.153. The van der Waals surface area contributed by atoms with Gasteiger partial charge in [0.25, 0.3) is 0 Å². The SMILES string of the molecule is CCC1(O)CC[C@@]2(C)C(CCC3C2CC[C@@]2(C)C3CC[C@@H]2[C@H](C)CCC(=O)O)C1. The Bertz CT molecular complexity index is 631. The van der Waals surface area contributed by atoms with Crippen LogP contribution in [-0.4, -0.2) is 21.8 Å². The second-order valence-electron chi connectivity index (χ2n) is 12.1. The molecule has 166 valence electrons. The highest BCUT2D eigenvalue weighted by Gasteiger charge is 2.61. The Kier molecular flexibility index (Phi) is 5.63. The Morgan fingerprint density at radius 3 is 2.41 bits per heavy atom. The van der Waals surface area contributed by atoms with Crippen LogP contribution in [0.15, 0.2) is 0 Å². The number of fused-ring (bicyclic) bond motifs is 5. The van der Waals surface area contributed by atoms with Crippen LogP contribution in [0.25, 0.3) is 0 Å². The molecule has 4 fully saturated rings. The number of carboxylic acid groups (broad SMARTS) is 1. The Balaban J connectivity index is 1.50. The number of rotatable bonds is 5. The number of hydrogen-bond donors (Lipinski definition) is 2. The van der Waals surface area contributed by atoms with Gasteiger partial charge in [-0.15, -0.1) is 0 Å². The normalized spacial score (nSPS) is 50.3. The van der Waals surface area contributed by atoms with E-state index in [0.717, 1.165) is 43.4 Å². The van der Waals surface area contributed by atoms with E-state index in [1.165, 1.54) is 44.9 Å². The fraction of sp³-hybridized carbons (Fsp3) is 0.962. The van der Waals surface area contributed by atoms with Crippen molar-refractivity contribution in [2.45, 2.75) is 110 Å². The molecule has 3 heteroatoms. The molecule has 4 aliphatic carbocycles. The van der Waals surface area contributed by atoms with E-state index in [2.05, 4.69) is 27.7 Å². The number of carboxylic acids is 1. The van der Waals surface area contributed by atoms with Crippen molar-refractivity contribution in [3.8, 4) is 0 Å². The molecular weight excluding hydrogens is 360 g/mol. The maximum Gasteiger partial charge on any atom is 0.303 e. The standard InChI is InChI=1S/C26H44O3/c1-5-26(29)15-14-24(3)18(16-26)7-8-19-21-10-9-20(17(2)6-11-23(27)28)25(21,4)13-12-22(19)24/h17-22,29H,5-16H2,1-4H3,(H,27,28)/t17-,18?,19?,20-,21?,22?,24+,25-,26?/m1/s1. The third-order valence-corrected chi connectivity index (χ3v) is 11.1. The van der Waals surface area contributed by atoms with Crippen molar-refractivity contribution in [3.63, 3.8) is 0 Å². The van der Waals surface area contributed by atoms with E-state index in [1.54, 1.807) is 0 Å². The van der Waals surface area contributed by atoms with Crippen LogP contribution in [0.1, 0.15) is 105 Å². The zero-order valence-corrected chi connectivity index (χ0v) is 19.3. The zero-order chi connectivity index (χ0) is 21.0. The Labute approximate surface area is 178 Å². The van der Waals surface area contributed by atoms with Gasteiger partial charge in [-0.25, -0.2) is 0 Å². The molecule has 9 atom stereocenters. The quantitative estimate of drug-likeness (QED) is 0.566. The van der Waals surface area contributed by atoms with Gasteiger partial charge in [-0.3, -0.25) is 4.79 Å². The second-order valence-corrected chi connectivity index (χ2v) is 12.1. The van der Waals surface area contributed by atoms with Gasteiger partial charge in [-0.05, 0) is 117 Å². The molecule has 0 heterocycles. The van der Waals surface area contributed by atoms with E-state index >= 15 is 0 Å². The van der Waals surface area contributed by atoms with E-state index in [0.29, 0.717) is 35.0 Å². The van der Waals surface area contributed by atoms with Crippen LogP contribution in [0.4, 0.5) is 0 Å². The molecule has 4 saturated carbocycles. The van der Waals surface area contributed by atoms with Crippen LogP contribution in [0.2, 0.25) is 0 Å². The molecule has 0 amide bonds. The summed E-state index contributed by atoms with van der Waals surface area (Å²) in [6.45, 7) is 9.62. The average Bonchev–Trinajstić information content (AvgIpc) is 3.04. The molecule has 0 aromatic carbocycles. The Morgan fingerprint density at radius 1 is 1.00 bits per heavy atom. The predicted octanol–water partition coefficient (Wildman–Crippen LogP) is 6.29. The minimum Gasteiger partial charge on any atom is -0.481 e. The highest BCUT2D eigenvalue weighted by Crippen LogP contribution is 2.69. The lowest BCUT2D eigenvalue weighted by Crippen LogP contribution is -2.56. The molecule has 0 spiro atoms. The predicted molar refractivity (Wildman–Crippen MR) is 116 cm³/mol. The van der Waals surface area contributed by atoms with Crippen molar-refractivity contribution in [2.75, 3.05) is 0 Å². The molecule has 4 rings (SSSR count). The second kappa shape index (κ2) is 7.53. The van der Waals surface area contributed by atoms with Crippen LogP contribution in [0, 0.1) is 46.3 Å². The van der Waals surface area contributed by atoms with Crippen molar-refractivity contribution in [1.82, 2.24) is 0 Å². The molecule has 29 heavy (non-hydrogen) atoms. The highest BCUT2D eigenvalue weighted by atomic mass is 16.4. The van der Waals surface area contributed by atoms with Gasteiger partial charge in [0, 0.05) is 6.42 Å². The molecule has 0 radical (unpaired) electrons. The topological polar surface area (TPSA) is 57.5 Å². The van der Waals surface area contributed by atoms with Gasteiger partial charge in [0.15, 0.2) is 0 Å². The van der Waals surface area contributed by atoms with Crippen molar-refractivity contribution >= 4 is 5.97 Å². The smallest absolute Gasteiger partial charge is 0.303 e. The molecule has 2 N–H and O–H groups in total. The summed E-state index contributed by atoms with van der Waals surface area (Å²) in [5.74, 6) is 3.83. The molecule has 5 unspecified atom stereocenters. The van der Waals surface area contributed by atoms with Gasteiger partial charge >= 0.3 is 5.97 Å². The first-order chi connectivity index (χ1) is 13.6. The van der Waals surface area contributed by atoms with E-state index < -0.39 is 11.6 Å². The lowest BCUT2D eigenvalue weighted by Gasteiger charge is -2.62. The first-order valence-electron chi connectivity index (χ1n) is 12.6. The molecule has 3 nitrogen and oxygen atoms in total. The summed E-state index contributed by atoms with van der Waals surface area (Å²) in [7, 11) is 0. The fourth-order valence-electron chi connectivity index (χ4n) is 9.17. The van der Waals surface area contributed by atoms with Crippen molar-refractivity contribution < 1.29 is 15.0 Å². The van der Waals surface area contributed by atoms with Gasteiger partial charge in [0.2, 0.25) is 0 Å². The third kappa shape index (κ3) is 3.48. The van der Waals surface area contributed by atoms with E-state index in [1.807, 2.05) is 0 Å². The Hall–Kier alpha value is -0.570. The maximum absolute atomic E-state index is 11.1. The van der Waals surface area contributed by atoms with Crippen LogP contribution >= 0.6 is 0 Å². The molecule has 0 saturated heterocycles. The summed E-state index contributed by atoms with van der Waals surface area (Å²) < 4.78 is 0. The average molecular weight is 405 g/mol. The van der Waals surface area contributed by atoms with Crippen molar-refractivity contribution in [1.29, 1.82) is 0 Å². The van der Waals surface area contributed by atoms with Gasteiger partial charge in [0.05, 0.1) is 5.60 Å². The first kappa shape index (κ1) is 21.7. The monoisotopic (exact) mass is 404 g/mol. The number of carbonyl (C=O) groups is 1. The fourth-order valence-corrected chi connectivity index (χ4v) is 9.17. The van der Waals surface area contributed by atoms with Crippen molar-refractivity contribution in [3.05, 3.63) is 0 Å². The molecule has 0 bridgehead atoms. The summed E-state index contributed by atoms with van der Waals surface area (Å²) >= 11 is 0. The summed E-state index contributed by atoms with van der Waals surface area (Å²) in [5, 5.41) is 20.1.